The molecule has 0 aliphatic heterocycles. The number of methoxy groups -OCH3 is 1. The Balaban J connectivity index is 1.40. The van der Waals surface area contributed by atoms with Gasteiger partial charge in [0.05, 0.1) is 30.3 Å². The molecule has 0 radical (unpaired) electrons. The Labute approximate surface area is 198 Å². The molecule has 0 fully saturated rings. The molecule has 2 aromatic heterocycles. The van der Waals surface area contributed by atoms with Gasteiger partial charge in [0.25, 0.3) is 0 Å². The lowest BCUT2D eigenvalue weighted by molar-refractivity contribution is 0.206. The molecule has 174 valence electrons. The lowest BCUT2D eigenvalue weighted by atomic mass is 10.1. The smallest absolute Gasteiger partial charge is 0.165 e. The first-order valence-electron chi connectivity index (χ1n) is 11.5. The van der Waals surface area contributed by atoms with E-state index in [1.807, 2.05) is 59.5 Å². The summed E-state index contributed by atoms with van der Waals surface area (Å²) in [6.45, 7) is 0.634. The molecule has 0 bridgehead atoms. The van der Waals surface area contributed by atoms with E-state index in [2.05, 4.69) is 29.2 Å². The number of ether oxygens (including phenoxy) is 2. The third-order valence-corrected chi connectivity index (χ3v) is 6.01. The fourth-order valence-corrected chi connectivity index (χ4v) is 4.38. The number of hydrogen-bond donors (Lipinski definition) is 2. The molecular weight excluding hydrogens is 428 g/mol. The number of H-pyrrole nitrogens is 1. The van der Waals surface area contributed by atoms with E-state index < -0.39 is 0 Å². The van der Waals surface area contributed by atoms with Crippen molar-refractivity contribution < 1.29 is 19.4 Å². The molecule has 6 nitrogen and oxygen atoms in total. The minimum Gasteiger partial charge on any atom is -0.493 e. The third kappa shape index (κ3) is 4.32. The van der Waals surface area contributed by atoms with Crippen molar-refractivity contribution in [1.82, 2.24) is 9.71 Å². The second-order valence-electron chi connectivity index (χ2n) is 8.13. The number of rotatable bonds is 10. The number of nitrogens with zero attached hydrogens (tertiary/aromatic N) is 1. The number of benzene rings is 3. The van der Waals surface area contributed by atoms with Crippen molar-refractivity contribution in [2.24, 2.45) is 0 Å². The highest BCUT2D eigenvalue weighted by Gasteiger charge is 2.15. The molecule has 0 unspecified atom stereocenters. The van der Waals surface area contributed by atoms with Crippen LogP contribution in [0, 0.1) is 0 Å². The topological polar surface area (TPSA) is 68.6 Å². The van der Waals surface area contributed by atoms with Gasteiger partial charge in [-0.05, 0) is 54.8 Å². The summed E-state index contributed by atoms with van der Waals surface area (Å²) in [5, 5.41) is 11.6. The molecule has 3 aromatic carbocycles. The molecule has 34 heavy (non-hydrogen) atoms. The average Bonchev–Trinajstić information content (AvgIpc) is 3.44. The van der Waals surface area contributed by atoms with Crippen molar-refractivity contribution in [3.05, 3.63) is 90.3 Å². The van der Waals surface area contributed by atoms with Crippen LogP contribution in [0.1, 0.15) is 17.7 Å². The Hall–Kier alpha value is -3.90. The quantitative estimate of drug-likeness (QED) is 0.290. The predicted octanol–water partition coefficient (Wildman–Crippen LogP) is 5.52. The van der Waals surface area contributed by atoms with E-state index in [0.29, 0.717) is 25.9 Å². The first-order chi connectivity index (χ1) is 16.8. The molecule has 5 aromatic rings. The van der Waals surface area contributed by atoms with Crippen LogP contribution in [-0.4, -0.2) is 35.1 Å². The van der Waals surface area contributed by atoms with E-state index in [0.717, 1.165) is 50.3 Å². The fourth-order valence-electron chi connectivity index (χ4n) is 4.38. The zero-order chi connectivity index (χ0) is 23.3. The Kier molecular flexibility index (Phi) is 6.40. The maximum atomic E-state index is 9.46. The van der Waals surface area contributed by atoms with E-state index in [4.69, 9.17) is 14.3 Å². The number of aromatic amines is 1. The Bertz CT molecular complexity index is 1400. The van der Waals surface area contributed by atoms with Crippen LogP contribution in [0.15, 0.2) is 79.0 Å². The normalized spacial score (nSPS) is 11.2. The zero-order valence-electron chi connectivity index (χ0n) is 19.2. The Morgan fingerprint density at radius 1 is 0.824 bits per heavy atom. The maximum absolute atomic E-state index is 9.46. The maximum Gasteiger partial charge on any atom is 0.165 e. The minimum absolute atomic E-state index is 0.125. The highest BCUT2D eigenvalue weighted by molar-refractivity contribution is 6.10. The number of aliphatic hydroxyl groups is 1. The Morgan fingerprint density at radius 3 is 2.44 bits per heavy atom. The van der Waals surface area contributed by atoms with Gasteiger partial charge in [-0.1, -0.05) is 36.4 Å². The molecule has 0 saturated heterocycles. The minimum atomic E-state index is 0.125. The van der Waals surface area contributed by atoms with Crippen LogP contribution in [-0.2, 0) is 12.8 Å². The molecule has 0 spiro atoms. The van der Waals surface area contributed by atoms with Gasteiger partial charge in [-0.25, -0.2) is 0 Å². The molecular formula is C28H28N2O4. The monoisotopic (exact) mass is 456 g/mol. The van der Waals surface area contributed by atoms with Crippen LogP contribution in [0.4, 0.5) is 0 Å². The van der Waals surface area contributed by atoms with E-state index in [9.17, 15) is 5.11 Å². The SMILES string of the molecule is COc1ccccc1OCCc1ccn(Oc2cccc3[nH]c4ccccc4c23)c1CCCO. The van der Waals surface area contributed by atoms with Crippen LogP contribution >= 0.6 is 0 Å². The molecule has 2 N–H and O–H groups in total. The summed E-state index contributed by atoms with van der Waals surface area (Å²) in [7, 11) is 1.64. The van der Waals surface area contributed by atoms with Crippen LogP contribution in [0.25, 0.3) is 21.8 Å². The lowest BCUT2D eigenvalue weighted by Gasteiger charge is -2.14. The third-order valence-electron chi connectivity index (χ3n) is 6.01. The van der Waals surface area contributed by atoms with Gasteiger partial charge >= 0.3 is 0 Å². The number of aromatic nitrogens is 2. The molecule has 0 amide bonds. The van der Waals surface area contributed by atoms with Crippen LogP contribution < -0.4 is 14.3 Å². The molecule has 0 saturated carbocycles. The van der Waals surface area contributed by atoms with Crippen LogP contribution in [0.5, 0.6) is 17.2 Å². The number of hydrogen-bond acceptors (Lipinski definition) is 4. The van der Waals surface area contributed by atoms with Crippen molar-refractivity contribution in [2.45, 2.75) is 19.3 Å². The molecule has 5 rings (SSSR count). The van der Waals surface area contributed by atoms with E-state index in [-0.39, 0.29) is 6.61 Å². The molecule has 2 heterocycles. The predicted molar refractivity (Wildman–Crippen MR) is 134 cm³/mol. The Morgan fingerprint density at radius 2 is 1.59 bits per heavy atom. The van der Waals surface area contributed by atoms with Gasteiger partial charge < -0.3 is 24.4 Å². The largest absolute Gasteiger partial charge is 0.493 e. The number of para-hydroxylation sites is 3. The van der Waals surface area contributed by atoms with E-state index in [1.54, 1.807) is 7.11 Å². The second kappa shape index (κ2) is 9.93. The van der Waals surface area contributed by atoms with E-state index >= 15 is 0 Å². The summed E-state index contributed by atoms with van der Waals surface area (Å²) in [5.41, 5.74) is 4.29. The summed E-state index contributed by atoms with van der Waals surface area (Å²) < 4.78 is 13.2. The van der Waals surface area contributed by atoms with Gasteiger partial charge in [-0.15, -0.1) is 0 Å². The van der Waals surface area contributed by atoms with Gasteiger partial charge in [0.2, 0.25) is 0 Å². The van der Waals surface area contributed by atoms with Gasteiger partial charge in [0.15, 0.2) is 17.2 Å². The first-order valence-corrected chi connectivity index (χ1v) is 11.5. The van der Waals surface area contributed by atoms with Crippen LogP contribution in [0.2, 0.25) is 0 Å². The molecule has 0 atom stereocenters. The van der Waals surface area contributed by atoms with Gasteiger partial charge in [-0.2, -0.15) is 4.73 Å². The average molecular weight is 457 g/mol. The molecule has 6 heteroatoms. The van der Waals surface area contributed by atoms with E-state index in [1.165, 1.54) is 0 Å². The summed E-state index contributed by atoms with van der Waals surface area (Å²) >= 11 is 0. The summed E-state index contributed by atoms with van der Waals surface area (Å²) in [5.74, 6) is 2.23. The zero-order valence-corrected chi connectivity index (χ0v) is 19.2. The number of nitrogens with one attached hydrogen (secondary N) is 1. The summed E-state index contributed by atoms with van der Waals surface area (Å²) in [6, 6.07) is 24.0. The summed E-state index contributed by atoms with van der Waals surface area (Å²) in [6.07, 6.45) is 4.02. The molecule has 0 aliphatic rings. The number of fused-ring (bicyclic) bond motifs is 3. The fraction of sp³-hybridized carbons (Fsp3) is 0.214. The van der Waals surface area contributed by atoms with Crippen molar-refractivity contribution in [3.8, 4) is 17.2 Å². The number of aliphatic hydroxyl groups excluding tert-OH is 1. The van der Waals surface area contributed by atoms with Crippen molar-refractivity contribution in [2.75, 3.05) is 20.3 Å². The van der Waals surface area contributed by atoms with Crippen molar-refractivity contribution in [1.29, 1.82) is 0 Å². The second-order valence-corrected chi connectivity index (χ2v) is 8.13. The van der Waals surface area contributed by atoms with Crippen molar-refractivity contribution >= 4 is 21.8 Å². The standard InChI is InChI=1S/C28H28N2O4/c1-32-25-12-4-5-13-26(25)33-19-16-20-15-17-30(24(20)11-7-18-31)34-27-14-6-10-23-28(27)21-8-2-3-9-22(21)29-23/h2-6,8-10,12-15,17,29,31H,7,11,16,18-19H2,1H3. The molecule has 0 aliphatic carbocycles. The van der Waals surface area contributed by atoms with Gasteiger partial charge in [0.1, 0.15) is 0 Å². The van der Waals surface area contributed by atoms with Gasteiger partial charge in [-0.3, -0.25) is 0 Å². The lowest BCUT2D eigenvalue weighted by Crippen LogP contribution is -2.11. The van der Waals surface area contributed by atoms with Crippen LogP contribution in [0.3, 0.4) is 0 Å². The van der Waals surface area contributed by atoms with Gasteiger partial charge in [0, 0.05) is 30.1 Å². The highest BCUT2D eigenvalue weighted by atomic mass is 16.7. The summed E-state index contributed by atoms with van der Waals surface area (Å²) in [4.78, 5) is 9.88. The highest BCUT2D eigenvalue weighted by Crippen LogP contribution is 2.33. The first kappa shape index (κ1) is 21.9. The van der Waals surface area contributed by atoms with Crippen molar-refractivity contribution in [3.63, 3.8) is 0 Å².